The molecule has 0 aromatic carbocycles. The number of piperidine rings is 1. The zero-order valence-electron chi connectivity index (χ0n) is 18.3. The number of fused-ring (bicyclic) bond motifs is 1. The molecule has 4 heterocycles. The summed E-state index contributed by atoms with van der Waals surface area (Å²) in [5, 5.41) is 0. The Morgan fingerprint density at radius 3 is 1.54 bits per heavy atom. The monoisotopic (exact) mass is 367 g/mol. The van der Waals surface area contributed by atoms with Gasteiger partial charge >= 0.3 is 0 Å². The summed E-state index contributed by atoms with van der Waals surface area (Å²) in [7, 11) is 6.60. The van der Waals surface area contributed by atoms with Crippen LogP contribution in [0.4, 0.5) is 0 Å². The molecule has 5 fully saturated rings. The first-order valence-corrected chi connectivity index (χ1v) is 11.2. The quantitative estimate of drug-likeness (QED) is 0.653. The molecule has 0 aromatic heterocycles. The maximum Gasteiger partial charge on any atom is 0.0510 e. The zero-order valence-corrected chi connectivity index (χ0v) is 18.3. The Kier molecular flexibility index (Phi) is 9.36. The molecule has 5 aliphatic rings. The van der Waals surface area contributed by atoms with Crippen LogP contribution in [0.15, 0.2) is 0 Å². The second-order valence-electron chi connectivity index (χ2n) is 9.17. The lowest BCUT2D eigenvalue weighted by atomic mass is 9.64. The van der Waals surface area contributed by atoms with Crippen molar-refractivity contribution in [3.8, 4) is 0 Å². The van der Waals surface area contributed by atoms with Crippen LogP contribution in [0.5, 0.6) is 0 Å². The van der Waals surface area contributed by atoms with Crippen molar-refractivity contribution in [3.63, 3.8) is 0 Å². The molecule has 4 saturated heterocycles. The van der Waals surface area contributed by atoms with E-state index in [-0.39, 0.29) is 0 Å². The number of hydrogen-bond acceptors (Lipinski definition) is 4. The molecule has 4 aliphatic heterocycles. The van der Waals surface area contributed by atoms with Crippen LogP contribution >= 0.6 is 0 Å². The lowest BCUT2D eigenvalue weighted by molar-refractivity contribution is -0.0436. The van der Waals surface area contributed by atoms with Crippen molar-refractivity contribution in [2.24, 2.45) is 17.3 Å². The van der Waals surface area contributed by atoms with E-state index in [0.717, 1.165) is 30.5 Å². The topological polar surface area (TPSA) is 19.0 Å². The smallest absolute Gasteiger partial charge is 0.0510 e. The first-order chi connectivity index (χ1) is 12.6. The minimum absolute atomic E-state index is 0.842. The van der Waals surface area contributed by atoms with Gasteiger partial charge in [-0.2, -0.15) is 0 Å². The van der Waals surface area contributed by atoms with Crippen LogP contribution in [-0.4, -0.2) is 88.3 Å². The zero-order chi connectivity index (χ0) is 19.0. The van der Waals surface area contributed by atoms with Gasteiger partial charge in [-0.25, -0.2) is 0 Å². The average molecular weight is 368 g/mol. The third-order valence-corrected chi connectivity index (χ3v) is 6.63. The number of rotatable bonds is 0. The predicted molar refractivity (Wildman–Crippen MR) is 112 cm³/mol. The lowest BCUT2D eigenvalue weighted by Gasteiger charge is -2.54. The van der Waals surface area contributed by atoms with Gasteiger partial charge in [0.25, 0.3) is 0 Å². The molecule has 1 spiro atoms. The fourth-order valence-electron chi connectivity index (χ4n) is 5.07. The third kappa shape index (κ3) is 6.47. The molecule has 5 rings (SSSR count). The van der Waals surface area contributed by atoms with E-state index >= 15 is 0 Å². The maximum atomic E-state index is 5.33. The molecule has 0 bridgehead atoms. The molecule has 0 N–H and O–H groups in total. The van der Waals surface area contributed by atoms with E-state index in [9.17, 15) is 0 Å². The van der Waals surface area contributed by atoms with Crippen molar-refractivity contribution < 1.29 is 4.74 Å². The molecule has 0 amide bonds. The van der Waals surface area contributed by atoms with E-state index in [1.165, 1.54) is 77.8 Å². The maximum absolute atomic E-state index is 5.33. The Hall–Kier alpha value is -0.160. The first-order valence-electron chi connectivity index (χ1n) is 11.2. The Balaban J connectivity index is 0.000000135. The van der Waals surface area contributed by atoms with Gasteiger partial charge in [0.05, 0.1) is 13.2 Å². The van der Waals surface area contributed by atoms with Crippen molar-refractivity contribution in [2.45, 2.75) is 52.4 Å². The summed E-state index contributed by atoms with van der Waals surface area (Å²) in [6.45, 7) is 13.9. The summed E-state index contributed by atoms with van der Waals surface area (Å²) in [5.74, 6) is 1.71. The van der Waals surface area contributed by atoms with E-state index in [0.29, 0.717) is 0 Å². The van der Waals surface area contributed by atoms with E-state index in [1.807, 2.05) is 13.8 Å². The summed E-state index contributed by atoms with van der Waals surface area (Å²) in [6, 6.07) is 0. The molecule has 26 heavy (non-hydrogen) atoms. The van der Waals surface area contributed by atoms with Crippen LogP contribution in [0.25, 0.3) is 0 Å². The van der Waals surface area contributed by atoms with Crippen LogP contribution < -0.4 is 0 Å². The fourth-order valence-corrected chi connectivity index (χ4v) is 5.07. The SMILES string of the molecule is CC.CN1CC2(CCC2)C1.CN1CC2COCC2C1.CN1CCCCC1. The lowest BCUT2D eigenvalue weighted by Crippen LogP contribution is -2.57. The third-order valence-electron chi connectivity index (χ3n) is 6.63. The van der Waals surface area contributed by atoms with Gasteiger partial charge in [0.1, 0.15) is 0 Å². The van der Waals surface area contributed by atoms with Crippen molar-refractivity contribution in [3.05, 3.63) is 0 Å². The van der Waals surface area contributed by atoms with Crippen molar-refractivity contribution in [2.75, 3.05) is 73.6 Å². The average Bonchev–Trinajstić information content (AvgIpc) is 3.14. The number of nitrogens with zero attached hydrogens (tertiary/aromatic N) is 3. The second kappa shape index (κ2) is 11.0. The Morgan fingerprint density at radius 2 is 1.23 bits per heavy atom. The van der Waals surface area contributed by atoms with Crippen LogP contribution in [0.3, 0.4) is 0 Å². The Bertz CT molecular complexity index is 360. The second-order valence-corrected chi connectivity index (χ2v) is 9.17. The largest absolute Gasteiger partial charge is 0.381 e. The highest BCUT2D eigenvalue weighted by atomic mass is 16.5. The summed E-state index contributed by atoms with van der Waals surface area (Å²) >= 11 is 0. The van der Waals surface area contributed by atoms with Gasteiger partial charge in [-0.05, 0) is 65.3 Å². The van der Waals surface area contributed by atoms with Gasteiger partial charge < -0.3 is 19.4 Å². The van der Waals surface area contributed by atoms with Crippen LogP contribution in [0.2, 0.25) is 0 Å². The van der Waals surface area contributed by atoms with E-state index in [2.05, 4.69) is 35.8 Å². The van der Waals surface area contributed by atoms with E-state index in [4.69, 9.17) is 4.74 Å². The normalized spacial score (nSPS) is 32.7. The van der Waals surface area contributed by atoms with Gasteiger partial charge in [0.15, 0.2) is 0 Å². The van der Waals surface area contributed by atoms with Crippen molar-refractivity contribution >= 4 is 0 Å². The minimum atomic E-state index is 0.842. The van der Waals surface area contributed by atoms with E-state index < -0.39 is 0 Å². The molecular formula is C22H45N3O. The van der Waals surface area contributed by atoms with Crippen molar-refractivity contribution in [1.82, 2.24) is 14.7 Å². The molecule has 1 aliphatic carbocycles. The highest BCUT2D eigenvalue weighted by molar-refractivity contribution is 4.98. The summed E-state index contributed by atoms with van der Waals surface area (Å²) < 4.78 is 5.33. The molecule has 1 saturated carbocycles. The van der Waals surface area contributed by atoms with Crippen LogP contribution in [-0.2, 0) is 4.74 Å². The molecule has 4 nitrogen and oxygen atoms in total. The Morgan fingerprint density at radius 1 is 0.692 bits per heavy atom. The van der Waals surface area contributed by atoms with Gasteiger partial charge in [-0.3, -0.25) is 0 Å². The number of hydrogen-bond donors (Lipinski definition) is 0. The highest BCUT2D eigenvalue weighted by Crippen LogP contribution is 2.47. The standard InChI is InChI=1S/C7H13NO.C7H13N.C6H13N.C2H6/c1-8-2-6-4-9-5-7(6)3-8;1-8-5-7(6-8)3-2-4-7;1-7-5-3-2-4-6-7;1-2/h6-7H,2-5H2,1H3;2-6H2,1H3;2-6H2,1H3;1-2H3. The van der Waals surface area contributed by atoms with E-state index in [1.54, 1.807) is 0 Å². The highest BCUT2D eigenvalue weighted by Gasteiger charge is 2.45. The fraction of sp³-hybridized carbons (Fsp3) is 1.00. The van der Waals surface area contributed by atoms with Crippen LogP contribution in [0, 0.1) is 17.3 Å². The van der Waals surface area contributed by atoms with Gasteiger partial charge in [0, 0.05) is 38.0 Å². The van der Waals surface area contributed by atoms with Gasteiger partial charge in [-0.1, -0.05) is 26.7 Å². The molecule has 0 radical (unpaired) electrons. The number of likely N-dealkylation sites (tertiary alicyclic amines) is 3. The van der Waals surface area contributed by atoms with Crippen molar-refractivity contribution in [1.29, 1.82) is 0 Å². The molecule has 0 aromatic rings. The molecule has 4 heteroatoms. The summed E-state index contributed by atoms with van der Waals surface area (Å²) in [5.41, 5.74) is 0.842. The Labute approximate surface area is 163 Å². The molecule has 2 atom stereocenters. The summed E-state index contributed by atoms with van der Waals surface area (Å²) in [6.07, 6.45) is 8.79. The van der Waals surface area contributed by atoms with Gasteiger partial charge in [-0.15, -0.1) is 0 Å². The first kappa shape index (κ1) is 22.1. The molecule has 2 unspecified atom stereocenters. The van der Waals surface area contributed by atoms with Gasteiger partial charge in [0.2, 0.25) is 0 Å². The number of ether oxygens (including phenoxy) is 1. The molecule has 154 valence electrons. The predicted octanol–water partition coefficient (Wildman–Crippen LogP) is 3.42. The van der Waals surface area contributed by atoms with Crippen LogP contribution in [0.1, 0.15) is 52.4 Å². The minimum Gasteiger partial charge on any atom is -0.381 e. The summed E-state index contributed by atoms with van der Waals surface area (Å²) in [4.78, 5) is 7.21. The molecular weight excluding hydrogens is 322 g/mol.